The lowest BCUT2D eigenvalue weighted by Gasteiger charge is -2.35. The third-order valence-electron chi connectivity index (χ3n) is 5.68. The molecule has 0 radical (unpaired) electrons. The summed E-state index contributed by atoms with van der Waals surface area (Å²) in [5, 5.41) is 14.1. The molecule has 9 nitrogen and oxygen atoms in total. The molecule has 0 spiro atoms. The van der Waals surface area contributed by atoms with Crippen LogP contribution in [0.25, 0.3) is 16.7 Å². The second-order valence-electron chi connectivity index (χ2n) is 8.34. The molecule has 1 fully saturated rings. The summed E-state index contributed by atoms with van der Waals surface area (Å²) in [4.78, 5) is 24.5. The number of benzene rings is 1. The van der Waals surface area contributed by atoms with Gasteiger partial charge in [0.15, 0.2) is 5.65 Å². The highest BCUT2D eigenvalue weighted by Gasteiger charge is 2.23. The summed E-state index contributed by atoms with van der Waals surface area (Å²) in [6.07, 6.45) is 3.57. The molecule has 5 rings (SSSR count). The Morgan fingerprint density at radius 1 is 1.09 bits per heavy atom. The molecule has 9 heteroatoms. The maximum Gasteiger partial charge on any atom is 0.352 e. The molecule has 4 aromatic rings. The predicted molar refractivity (Wildman–Crippen MR) is 118 cm³/mol. The summed E-state index contributed by atoms with van der Waals surface area (Å²) in [5.41, 5.74) is 3.15. The molecule has 4 heterocycles. The molecule has 0 N–H and O–H groups in total. The number of morpholine rings is 1. The Hall–Kier alpha value is -3.61. The van der Waals surface area contributed by atoms with E-state index in [4.69, 9.17) is 4.74 Å². The van der Waals surface area contributed by atoms with Gasteiger partial charge in [0.25, 0.3) is 0 Å². The third kappa shape index (κ3) is 3.75. The number of fused-ring (bicyclic) bond motifs is 3. The van der Waals surface area contributed by atoms with E-state index in [1.54, 1.807) is 16.7 Å². The van der Waals surface area contributed by atoms with E-state index in [9.17, 15) is 10.1 Å². The molecule has 1 aromatic carbocycles. The molecular formula is C23H23N7O2. The van der Waals surface area contributed by atoms with Crippen molar-refractivity contribution in [3.8, 4) is 6.07 Å². The Morgan fingerprint density at radius 2 is 1.91 bits per heavy atom. The molecule has 1 aliphatic rings. The Labute approximate surface area is 184 Å². The van der Waals surface area contributed by atoms with Gasteiger partial charge in [0.05, 0.1) is 35.8 Å². The molecule has 1 aliphatic heterocycles. The van der Waals surface area contributed by atoms with Gasteiger partial charge in [-0.2, -0.15) is 14.9 Å². The fourth-order valence-corrected chi connectivity index (χ4v) is 4.47. The zero-order valence-corrected chi connectivity index (χ0v) is 18.0. The fourth-order valence-electron chi connectivity index (χ4n) is 4.47. The van der Waals surface area contributed by atoms with Crippen molar-refractivity contribution in [3.63, 3.8) is 0 Å². The summed E-state index contributed by atoms with van der Waals surface area (Å²) in [6.45, 7) is 6.91. The Kier molecular flexibility index (Phi) is 5.17. The van der Waals surface area contributed by atoms with Crippen molar-refractivity contribution in [3.05, 3.63) is 70.0 Å². The van der Waals surface area contributed by atoms with Gasteiger partial charge >= 0.3 is 5.69 Å². The first-order valence-corrected chi connectivity index (χ1v) is 10.6. The molecule has 1 saturated heterocycles. The smallest absolute Gasteiger partial charge is 0.352 e. The maximum absolute atomic E-state index is 13.1. The maximum atomic E-state index is 13.1. The van der Waals surface area contributed by atoms with Crippen molar-refractivity contribution in [2.45, 2.75) is 39.1 Å². The molecule has 162 valence electrons. The Morgan fingerprint density at radius 3 is 2.69 bits per heavy atom. The van der Waals surface area contributed by atoms with E-state index in [0.29, 0.717) is 16.9 Å². The van der Waals surface area contributed by atoms with E-state index in [1.165, 1.54) is 10.8 Å². The summed E-state index contributed by atoms with van der Waals surface area (Å²) in [5.74, 6) is 0. The molecule has 0 aliphatic carbocycles. The number of hydrogen-bond acceptors (Lipinski definition) is 7. The zero-order valence-electron chi connectivity index (χ0n) is 18.0. The van der Waals surface area contributed by atoms with Gasteiger partial charge in [0.1, 0.15) is 12.0 Å². The van der Waals surface area contributed by atoms with Crippen LogP contribution in [0.2, 0.25) is 0 Å². The van der Waals surface area contributed by atoms with Crippen LogP contribution in [0.5, 0.6) is 0 Å². The lowest BCUT2D eigenvalue weighted by Crippen LogP contribution is -2.44. The van der Waals surface area contributed by atoms with Crippen LogP contribution in [0.4, 0.5) is 0 Å². The van der Waals surface area contributed by atoms with E-state index in [1.807, 2.05) is 24.4 Å². The first-order valence-electron chi connectivity index (χ1n) is 10.6. The average molecular weight is 429 g/mol. The number of nitrogens with zero attached hydrogens (tertiary/aromatic N) is 7. The molecule has 32 heavy (non-hydrogen) atoms. The monoisotopic (exact) mass is 429 g/mol. The van der Waals surface area contributed by atoms with Crippen LogP contribution in [0.1, 0.15) is 30.5 Å². The molecule has 3 aromatic heterocycles. The van der Waals surface area contributed by atoms with Crippen LogP contribution < -0.4 is 5.69 Å². The number of pyridine rings is 1. The minimum absolute atomic E-state index is 0.185. The van der Waals surface area contributed by atoms with Crippen molar-refractivity contribution in [2.75, 3.05) is 13.1 Å². The summed E-state index contributed by atoms with van der Waals surface area (Å²) in [6, 6.07) is 11.4. The van der Waals surface area contributed by atoms with Gasteiger partial charge in [-0.25, -0.2) is 14.8 Å². The van der Waals surface area contributed by atoms with E-state index in [2.05, 4.69) is 39.9 Å². The van der Waals surface area contributed by atoms with Crippen molar-refractivity contribution in [1.29, 1.82) is 5.26 Å². The number of nitriles is 1. The normalized spacial score (nSPS) is 19.4. The minimum atomic E-state index is -0.316. The molecule has 0 amide bonds. The lowest BCUT2D eigenvalue weighted by molar-refractivity contribution is -0.0705. The van der Waals surface area contributed by atoms with Gasteiger partial charge in [-0.15, -0.1) is 0 Å². The highest BCUT2D eigenvalue weighted by molar-refractivity contribution is 5.89. The topological polar surface area (TPSA) is 101 Å². The molecule has 0 bridgehead atoms. The molecular weight excluding hydrogens is 406 g/mol. The van der Waals surface area contributed by atoms with E-state index < -0.39 is 0 Å². The number of rotatable bonds is 4. The molecule has 2 unspecified atom stereocenters. The van der Waals surface area contributed by atoms with Gasteiger partial charge in [-0.1, -0.05) is 12.1 Å². The zero-order chi connectivity index (χ0) is 22.2. The van der Waals surface area contributed by atoms with Gasteiger partial charge in [-0.05, 0) is 43.2 Å². The standard InChI is InChI=1S/C23H23N7O2/c1-15-10-28(11-16(2)32-15)12-19-7-20-21(25-9-19)29(23(31)30-22(20)26-14-27-30)13-18-5-3-4-17(6-18)8-24/h3-7,9,14-16H,10-13H2,1-2H3. The molecule has 2 atom stereocenters. The number of ether oxygens (including phenoxy) is 1. The highest BCUT2D eigenvalue weighted by atomic mass is 16.5. The second kappa shape index (κ2) is 8.15. The predicted octanol–water partition coefficient (Wildman–Crippen LogP) is 1.97. The SMILES string of the molecule is CC1CN(Cc2cnc3c(c2)c2ncnn2c(=O)n3Cc2cccc(C#N)c2)CC(C)O1. The van der Waals surface area contributed by atoms with Gasteiger partial charge in [0, 0.05) is 25.8 Å². The van der Waals surface area contributed by atoms with Crippen LogP contribution >= 0.6 is 0 Å². The quantitative estimate of drug-likeness (QED) is 0.489. The van der Waals surface area contributed by atoms with E-state index >= 15 is 0 Å². The van der Waals surface area contributed by atoms with E-state index in [0.717, 1.165) is 36.1 Å². The third-order valence-corrected chi connectivity index (χ3v) is 5.68. The van der Waals surface area contributed by atoms with Crippen LogP contribution in [0.3, 0.4) is 0 Å². The average Bonchev–Trinajstić information content (AvgIpc) is 3.27. The number of hydrogen-bond donors (Lipinski definition) is 0. The van der Waals surface area contributed by atoms with Crippen LogP contribution in [0, 0.1) is 11.3 Å². The van der Waals surface area contributed by atoms with Gasteiger partial charge in [0.2, 0.25) is 0 Å². The highest BCUT2D eigenvalue weighted by Crippen LogP contribution is 2.20. The second-order valence-corrected chi connectivity index (χ2v) is 8.34. The first-order chi connectivity index (χ1) is 15.5. The van der Waals surface area contributed by atoms with Crippen LogP contribution in [-0.2, 0) is 17.8 Å². The fraction of sp³-hybridized carbons (Fsp3) is 0.348. The number of aromatic nitrogens is 5. The summed E-state index contributed by atoms with van der Waals surface area (Å²) >= 11 is 0. The van der Waals surface area contributed by atoms with E-state index in [-0.39, 0.29) is 24.4 Å². The first kappa shape index (κ1) is 20.3. The Bertz CT molecular complexity index is 1390. The minimum Gasteiger partial charge on any atom is -0.373 e. The van der Waals surface area contributed by atoms with Crippen molar-refractivity contribution < 1.29 is 4.74 Å². The Balaban J connectivity index is 1.58. The van der Waals surface area contributed by atoms with Gasteiger partial charge < -0.3 is 4.74 Å². The lowest BCUT2D eigenvalue weighted by atomic mass is 10.1. The van der Waals surface area contributed by atoms with Crippen molar-refractivity contribution >= 4 is 16.7 Å². The van der Waals surface area contributed by atoms with Crippen LogP contribution in [0.15, 0.2) is 47.7 Å². The largest absolute Gasteiger partial charge is 0.373 e. The van der Waals surface area contributed by atoms with Crippen molar-refractivity contribution in [1.82, 2.24) is 29.0 Å². The summed E-state index contributed by atoms with van der Waals surface area (Å²) in [7, 11) is 0. The van der Waals surface area contributed by atoms with Crippen molar-refractivity contribution in [2.24, 2.45) is 0 Å². The molecule has 0 saturated carbocycles. The van der Waals surface area contributed by atoms with Crippen LogP contribution in [-0.4, -0.2) is 54.3 Å². The van der Waals surface area contributed by atoms with Gasteiger partial charge in [-0.3, -0.25) is 9.47 Å². The summed E-state index contributed by atoms with van der Waals surface area (Å²) < 4.78 is 8.72.